The van der Waals surface area contributed by atoms with Crippen molar-refractivity contribution in [3.8, 4) is 0 Å². The van der Waals surface area contributed by atoms with Crippen LogP contribution in [0.25, 0.3) is 0 Å². The molecule has 0 saturated carbocycles. The Hall–Kier alpha value is -2.24. The van der Waals surface area contributed by atoms with E-state index in [-0.39, 0.29) is 5.69 Å². The number of aryl methyl sites for hydroxylation is 2. The first-order valence-electron chi connectivity index (χ1n) is 8.15. The Balaban J connectivity index is 1.75. The molecule has 0 N–H and O–H groups in total. The van der Waals surface area contributed by atoms with E-state index < -0.39 is 6.43 Å². The van der Waals surface area contributed by atoms with Gasteiger partial charge in [-0.25, -0.2) is 18.7 Å². The van der Waals surface area contributed by atoms with Crippen LogP contribution in [0.3, 0.4) is 0 Å². The molecule has 4 nitrogen and oxygen atoms in total. The van der Waals surface area contributed by atoms with E-state index in [1.54, 1.807) is 6.92 Å². The second kappa shape index (κ2) is 6.71. The number of benzene rings is 1. The summed E-state index contributed by atoms with van der Waals surface area (Å²) in [5.74, 6) is 0.984. The molecule has 6 heteroatoms. The van der Waals surface area contributed by atoms with Gasteiger partial charge >= 0.3 is 0 Å². The maximum atomic E-state index is 12.9. The van der Waals surface area contributed by atoms with Crippen LogP contribution in [-0.2, 0) is 0 Å². The number of alkyl halides is 2. The minimum atomic E-state index is -2.57. The van der Waals surface area contributed by atoms with E-state index in [0.717, 1.165) is 26.2 Å². The molecule has 0 bridgehead atoms. The Kier molecular flexibility index (Phi) is 4.64. The van der Waals surface area contributed by atoms with Crippen molar-refractivity contribution >= 4 is 11.5 Å². The van der Waals surface area contributed by atoms with Crippen molar-refractivity contribution in [3.05, 3.63) is 46.9 Å². The summed E-state index contributed by atoms with van der Waals surface area (Å²) in [4.78, 5) is 12.6. The highest BCUT2D eigenvalue weighted by Crippen LogP contribution is 2.26. The van der Waals surface area contributed by atoms with Crippen molar-refractivity contribution in [3.63, 3.8) is 0 Å². The van der Waals surface area contributed by atoms with Crippen LogP contribution in [-0.4, -0.2) is 36.1 Å². The summed E-state index contributed by atoms with van der Waals surface area (Å²) in [6, 6.07) is 7.74. The molecule has 0 radical (unpaired) electrons. The standard InChI is InChI=1S/C18H22F2N4/c1-12-5-4-6-16(13(12)2)23-7-9-24(10-8-23)17-11-15(18(19)20)21-14(3)22-17/h4-6,11,18H,7-10H2,1-3H3. The normalized spacial score (nSPS) is 15.2. The largest absolute Gasteiger partial charge is 0.368 e. The zero-order valence-corrected chi connectivity index (χ0v) is 14.3. The van der Waals surface area contributed by atoms with Crippen molar-refractivity contribution in [2.24, 2.45) is 0 Å². The third-order valence-corrected chi connectivity index (χ3v) is 4.59. The van der Waals surface area contributed by atoms with Crippen LogP contribution in [0.5, 0.6) is 0 Å². The smallest absolute Gasteiger partial charge is 0.280 e. The van der Waals surface area contributed by atoms with Crippen molar-refractivity contribution in [2.75, 3.05) is 36.0 Å². The molecule has 0 unspecified atom stereocenters. The maximum Gasteiger partial charge on any atom is 0.280 e. The predicted molar refractivity (Wildman–Crippen MR) is 92.1 cm³/mol. The molecule has 0 aliphatic carbocycles. The van der Waals surface area contributed by atoms with Crippen molar-refractivity contribution < 1.29 is 8.78 Å². The first-order chi connectivity index (χ1) is 11.5. The molecule has 1 aromatic heterocycles. The summed E-state index contributed by atoms with van der Waals surface area (Å²) in [7, 11) is 0. The molecule has 2 aromatic rings. The number of rotatable bonds is 3. The van der Waals surface area contributed by atoms with Gasteiger partial charge in [0.15, 0.2) is 0 Å². The van der Waals surface area contributed by atoms with Crippen molar-refractivity contribution in [2.45, 2.75) is 27.2 Å². The first-order valence-corrected chi connectivity index (χ1v) is 8.15. The second-order valence-corrected chi connectivity index (χ2v) is 6.19. The molecule has 0 spiro atoms. The Morgan fingerprint density at radius 1 is 0.958 bits per heavy atom. The summed E-state index contributed by atoms with van der Waals surface area (Å²) in [6.45, 7) is 9.11. The van der Waals surface area contributed by atoms with Gasteiger partial charge in [0.25, 0.3) is 6.43 Å². The number of hydrogen-bond acceptors (Lipinski definition) is 4. The van der Waals surface area contributed by atoms with Gasteiger partial charge in [0.2, 0.25) is 0 Å². The summed E-state index contributed by atoms with van der Waals surface area (Å²) < 4.78 is 25.9. The third kappa shape index (κ3) is 3.32. The highest BCUT2D eigenvalue weighted by Gasteiger charge is 2.21. The lowest BCUT2D eigenvalue weighted by Gasteiger charge is -2.37. The molecular formula is C18H22F2N4. The number of nitrogens with zero attached hydrogens (tertiary/aromatic N) is 4. The molecule has 1 aliphatic rings. The van der Waals surface area contributed by atoms with E-state index in [1.807, 2.05) is 0 Å². The molecule has 1 aromatic carbocycles. The molecule has 1 saturated heterocycles. The summed E-state index contributed by atoms with van der Waals surface area (Å²) in [5, 5.41) is 0. The van der Waals surface area contributed by atoms with Crippen LogP contribution >= 0.6 is 0 Å². The van der Waals surface area contributed by atoms with Crippen LogP contribution in [0.2, 0.25) is 0 Å². The van der Waals surface area contributed by atoms with Crippen LogP contribution < -0.4 is 9.80 Å². The maximum absolute atomic E-state index is 12.9. The number of halogens is 2. The lowest BCUT2D eigenvalue weighted by molar-refractivity contribution is 0.145. The lowest BCUT2D eigenvalue weighted by Crippen LogP contribution is -2.47. The fraction of sp³-hybridized carbons (Fsp3) is 0.444. The van der Waals surface area contributed by atoms with Crippen LogP contribution in [0.15, 0.2) is 24.3 Å². The number of hydrogen-bond donors (Lipinski definition) is 0. The molecule has 1 fully saturated rings. The summed E-state index contributed by atoms with van der Waals surface area (Å²) in [6.07, 6.45) is -2.57. The van der Waals surface area contributed by atoms with Gasteiger partial charge in [-0.15, -0.1) is 0 Å². The molecule has 128 valence electrons. The fourth-order valence-electron chi connectivity index (χ4n) is 3.10. The topological polar surface area (TPSA) is 32.3 Å². The SMILES string of the molecule is Cc1nc(C(F)F)cc(N2CCN(c3cccc(C)c3C)CC2)n1. The van der Waals surface area contributed by atoms with Crippen molar-refractivity contribution in [1.82, 2.24) is 9.97 Å². The minimum Gasteiger partial charge on any atom is -0.368 e. The molecule has 0 amide bonds. The molecular weight excluding hydrogens is 310 g/mol. The van der Waals surface area contributed by atoms with E-state index in [2.05, 4.69) is 51.8 Å². The van der Waals surface area contributed by atoms with Gasteiger partial charge < -0.3 is 9.80 Å². The Morgan fingerprint density at radius 3 is 2.29 bits per heavy atom. The minimum absolute atomic E-state index is 0.200. The molecule has 0 atom stereocenters. The van der Waals surface area contributed by atoms with Gasteiger partial charge in [0, 0.05) is 37.9 Å². The van der Waals surface area contributed by atoms with Gasteiger partial charge in [0.05, 0.1) is 0 Å². The Bertz CT molecular complexity index is 725. The quantitative estimate of drug-likeness (QED) is 0.858. The number of piperazine rings is 1. The third-order valence-electron chi connectivity index (χ3n) is 4.59. The van der Waals surface area contributed by atoms with Gasteiger partial charge in [-0.05, 0) is 38.0 Å². The average molecular weight is 332 g/mol. The monoisotopic (exact) mass is 332 g/mol. The van der Waals surface area contributed by atoms with E-state index >= 15 is 0 Å². The molecule has 24 heavy (non-hydrogen) atoms. The zero-order valence-electron chi connectivity index (χ0n) is 14.3. The summed E-state index contributed by atoms with van der Waals surface area (Å²) >= 11 is 0. The van der Waals surface area contributed by atoms with Crippen LogP contribution in [0.1, 0.15) is 29.1 Å². The van der Waals surface area contributed by atoms with Crippen molar-refractivity contribution in [1.29, 1.82) is 0 Å². The first kappa shape index (κ1) is 16.6. The Morgan fingerprint density at radius 2 is 1.62 bits per heavy atom. The lowest BCUT2D eigenvalue weighted by atomic mass is 10.1. The van der Waals surface area contributed by atoms with Crippen LogP contribution in [0, 0.1) is 20.8 Å². The van der Waals surface area contributed by atoms with E-state index in [4.69, 9.17) is 0 Å². The average Bonchev–Trinajstić information content (AvgIpc) is 2.57. The predicted octanol–water partition coefficient (Wildman–Crippen LogP) is 3.67. The number of anilines is 2. The zero-order chi connectivity index (χ0) is 17.3. The van der Waals surface area contributed by atoms with Gasteiger partial charge in [-0.3, -0.25) is 0 Å². The van der Waals surface area contributed by atoms with E-state index in [1.165, 1.54) is 22.9 Å². The van der Waals surface area contributed by atoms with E-state index in [0.29, 0.717) is 11.6 Å². The fourth-order valence-corrected chi connectivity index (χ4v) is 3.10. The van der Waals surface area contributed by atoms with E-state index in [9.17, 15) is 8.78 Å². The number of aromatic nitrogens is 2. The molecule has 2 heterocycles. The molecule has 3 rings (SSSR count). The highest BCUT2D eigenvalue weighted by molar-refractivity contribution is 5.57. The second-order valence-electron chi connectivity index (χ2n) is 6.19. The van der Waals surface area contributed by atoms with Crippen LogP contribution in [0.4, 0.5) is 20.3 Å². The molecule has 1 aliphatic heterocycles. The summed E-state index contributed by atoms with van der Waals surface area (Å²) in [5.41, 5.74) is 3.63. The van der Waals surface area contributed by atoms with Gasteiger partial charge in [0.1, 0.15) is 17.3 Å². The highest BCUT2D eigenvalue weighted by atomic mass is 19.3. The van der Waals surface area contributed by atoms with Gasteiger partial charge in [-0.1, -0.05) is 12.1 Å². The van der Waals surface area contributed by atoms with Gasteiger partial charge in [-0.2, -0.15) is 0 Å². The Labute approximate surface area is 141 Å².